The molecule has 0 spiro atoms. The molecule has 1 heterocycles. The largest absolute Gasteiger partial charge is 0.478 e. The third kappa shape index (κ3) is 3.87. The number of halogens is 3. The van der Waals surface area contributed by atoms with Crippen LogP contribution in [0.25, 0.3) is 6.08 Å². The van der Waals surface area contributed by atoms with E-state index in [4.69, 9.17) is 5.11 Å². The molecule has 0 aromatic heterocycles. The van der Waals surface area contributed by atoms with Crippen LogP contribution >= 0.6 is 11.8 Å². The van der Waals surface area contributed by atoms with Gasteiger partial charge in [-0.15, -0.1) is 0 Å². The highest BCUT2D eigenvalue weighted by atomic mass is 32.2. The van der Waals surface area contributed by atoms with Crippen LogP contribution in [-0.2, 0) is 11.0 Å². The average molecular weight is 393 g/mol. The highest BCUT2D eigenvalue weighted by molar-refractivity contribution is 8.19. The molecule has 0 aliphatic carbocycles. The first kappa shape index (κ1) is 18.7. The molecule has 138 valence electrons. The van der Waals surface area contributed by atoms with Gasteiger partial charge in [-0.1, -0.05) is 18.2 Å². The van der Waals surface area contributed by atoms with E-state index >= 15 is 0 Å². The molecular formula is C18H10F3NO4S. The van der Waals surface area contributed by atoms with Crippen molar-refractivity contribution in [2.24, 2.45) is 0 Å². The predicted molar refractivity (Wildman–Crippen MR) is 93.3 cm³/mol. The molecule has 1 saturated heterocycles. The normalized spacial score (nSPS) is 16.3. The smallest absolute Gasteiger partial charge is 0.416 e. The van der Waals surface area contributed by atoms with Gasteiger partial charge in [0.05, 0.1) is 21.7 Å². The zero-order valence-corrected chi connectivity index (χ0v) is 14.2. The fraction of sp³-hybridized carbons (Fsp3) is 0.0556. The summed E-state index contributed by atoms with van der Waals surface area (Å²) in [6, 6.07) is 9.55. The van der Waals surface area contributed by atoms with Crippen molar-refractivity contribution in [3.63, 3.8) is 0 Å². The van der Waals surface area contributed by atoms with E-state index in [0.29, 0.717) is 22.2 Å². The zero-order valence-electron chi connectivity index (χ0n) is 13.4. The Kier molecular flexibility index (Phi) is 4.79. The van der Waals surface area contributed by atoms with Gasteiger partial charge < -0.3 is 5.11 Å². The van der Waals surface area contributed by atoms with Crippen LogP contribution in [0.1, 0.15) is 21.5 Å². The van der Waals surface area contributed by atoms with Crippen LogP contribution in [0.15, 0.2) is 53.4 Å². The number of aromatic carboxylic acids is 1. The van der Waals surface area contributed by atoms with Crippen molar-refractivity contribution < 1.29 is 32.7 Å². The lowest BCUT2D eigenvalue weighted by atomic mass is 10.1. The Balaban J connectivity index is 1.90. The van der Waals surface area contributed by atoms with Crippen molar-refractivity contribution in [1.29, 1.82) is 0 Å². The summed E-state index contributed by atoms with van der Waals surface area (Å²) in [7, 11) is 0. The van der Waals surface area contributed by atoms with Gasteiger partial charge in [0.15, 0.2) is 0 Å². The zero-order chi connectivity index (χ0) is 19.8. The number of carbonyl (C=O) groups excluding carboxylic acids is 2. The summed E-state index contributed by atoms with van der Waals surface area (Å²) in [5, 5.41) is 8.16. The van der Waals surface area contributed by atoms with Crippen LogP contribution in [0.4, 0.5) is 23.7 Å². The SMILES string of the molecule is O=C(O)c1ccc(/C=C2/SC(=O)N(c3cccc(C(F)(F)F)c3)C2=O)cc1. The maximum Gasteiger partial charge on any atom is 0.416 e. The Bertz CT molecular complexity index is 967. The van der Waals surface area contributed by atoms with E-state index in [2.05, 4.69) is 0 Å². The number of nitrogens with zero attached hydrogens (tertiary/aromatic N) is 1. The van der Waals surface area contributed by atoms with Crippen LogP contribution < -0.4 is 4.90 Å². The van der Waals surface area contributed by atoms with Gasteiger partial charge >= 0.3 is 12.1 Å². The number of amides is 2. The topological polar surface area (TPSA) is 74.7 Å². The second kappa shape index (κ2) is 6.92. The van der Waals surface area contributed by atoms with Crippen molar-refractivity contribution in [1.82, 2.24) is 0 Å². The lowest BCUT2D eigenvalue weighted by Crippen LogP contribution is -2.28. The highest BCUT2D eigenvalue weighted by Crippen LogP contribution is 2.38. The summed E-state index contributed by atoms with van der Waals surface area (Å²) in [6.45, 7) is 0. The van der Waals surface area contributed by atoms with Gasteiger partial charge in [-0.2, -0.15) is 13.2 Å². The number of carbonyl (C=O) groups is 3. The van der Waals surface area contributed by atoms with E-state index in [-0.39, 0.29) is 16.2 Å². The Morgan fingerprint density at radius 2 is 1.74 bits per heavy atom. The van der Waals surface area contributed by atoms with E-state index in [0.717, 1.165) is 18.2 Å². The Hall–Kier alpha value is -3.07. The molecule has 1 N–H and O–H groups in total. The van der Waals surface area contributed by atoms with Gasteiger partial charge in [-0.25, -0.2) is 9.69 Å². The van der Waals surface area contributed by atoms with Crippen LogP contribution in [0.5, 0.6) is 0 Å². The lowest BCUT2D eigenvalue weighted by molar-refractivity contribution is -0.137. The molecule has 1 aliphatic rings. The standard InChI is InChI=1S/C18H10F3NO4S/c19-18(20,21)12-2-1-3-13(9-12)22-15(23)14(27-17(22)26)8-10-4-6-11(7-5-10)16(24)25/h1-9H,(H,24,25)/b14-8+. The summed E-state index contributed by atoms with van der Waals surface area (Å²) in [5.41, 5.74) is -0.594. The minimum Gasteiger partial charge on any atom is -0.478 e. The number of thioether (sulfide) groups is 1. The van der Waals surface area contributed by atoms with Gasteiger partial charge in [0.1, 0.15) is 0 Å². The third-order valence-corrected chi connectivity index (χ3v) is 4.55. The number of hydrogen-bond donors (Lipinski definition) is 1. The number of hydrogen-bond acceptors (Lipinski definition) is 4. The van der Waals surface area contributed by atoms with Crippen molar-refractivity contribution in [3.8, 4) is 0 Å². The van der Waals surface area contributed by atoms with Crippen molar-refractivity contribution in [2.75, 3.05) is 4.90 Å². The molecule has 2 aromatic rings. The monoisotopic (exact) mass is 393 g/mol. The van der Waals surface area contributed by atoms with Crippen LogP contribution in [0.3, 0.4) is 0 Å². The molecule has 2 aromatic carbocycles. The fourth-order valence-corrected chi connectivity index (χ4v) is 3.23. The molecule has 9 heteroatoms. The number of imide groups is 1. The van der Waals surface area contributed by atoms with E-state index in [1.807, 2.05) is 0 Å². The minimum atomic E-state index is -4.60. The van der Waals surface area contributed by atoms with Gasteiger partial charge in [-0.3, -0.25) is 9.59 Å². The van der Waals surface area contributed by atoms with E-state index < -0.39 is 28.9 Å². The van der Waals surface area contributed by atoms with Crippen LogP contribution in [0, 0.1) is 0 Å². The summed E-state index contributed by atoms with van der Waals surface area (Å²) in [5.74, 6) is -1.85. The fourth-order valence-electron chi connectivity index (χ4n) is 2.38. The Morgan fingerprint density at radius 3 is 2.33 bits per heavy atom. The molecule has 0 unspecified atom stereocenters. The number of anilines is 1. The van der Waals surface area contributed by atoms with Gasteiger partial charge in [-0.05, 0) is 53.7 Å². The molecule has 3 rings (SSSR count). The first-order chi connectivity index (χ1) is 12.7. The lowest BCUT2D eigenvalue weighted by Gasteiger charge is -2.14. The van der Waals surface area contributed by atoms with Crippen molar-refractivity contribution in [2.45, 2.75) is 6.18 Å². The molecule has 0 atom stereocenters. The predicted octanol–water partition coefficient (Wildman–Crippen LogP) is 4.64. The third-order valence-electron chi connectivity index (χ3n) is 3.68. The second-order valence-electron chi connectivity index (χ2n) is 5.49. The minimum absolute atomic E-state index is 0.0282. The molecule has 2 amide bonds. The molecule has 0 radical (unpaired) electrons. The van der Waals surface area contributed by atoms with Crippen molar-refractivity contribution in [3.05, 3.63) is 70.1 Å². The highest BCUT2D eigenvalue weighted by Gasteiger charge is 2.38. The Morgan fingerprint density at radius 1 is 1.07 bits per heavy atom. The summed E-state index contributed by atoms with van der Waals surface area (Å²) >= 11 is 0.596. The first-order valence-corrected chi connectivity index (χ1v) is 8.27. The Labute approximate surface area is 155 Å². The van der Waals surface area contributed by atoms with Gasteiger partial charge in [0.2, 0.25) is 0 Å². The first-order valence-electron chi connectivity index (χ1n) is 7.45. The number of rotatable bonds is 3. The summed E-state index contributed by atoms with van der Waals surface area (Å²) in [6.07, 6.45) is -3.22. The molecule has 0 bridgehead atoms. The van der Waals surface area contributed by atoms with E-state index in [9.17, 15) is 27.6 Å². The number of carboxylic acid groups (broad SMARTS) is 1. The van der Waals surface area contributed by atoms with E-state index in [1.165, 1.54) is 36.4 Å². The maximum atomic E-state index is 12.9. The number of carboxylic acids is 1. The van der Waals surface area contributed by atoms with Crippen molar-refractivity contribution >= 4 is 40.6 Å². The molecule has 27 heavy (non-hydrogen) atoms. The molecule has 0 saturated carbocycles. The van der Waals surface area contributed by atoms with Gasteiger partial charge in [0, 0.05) is 0 Å². The van der Waals surface area contributed by atoms with Crippen LogP contribution in [-0.4, -0.2) is 22.2 Å². The molecule has 5 nitrogen and oxygen atoms in total. The summed E-state index contributed by atoms with van der Waals surface area (Å²) in [4.78, 5) is 36.2. The average Bonchev–Trinajstić information content (AvgIpc) is 2.88. The van der Waals surface area contributed by atoms with Crippen LogP contribution in [0.2, 0.25) is 0 Å². The molecular weight excluding hydrogens is 383 g/mol. The number of alkyl halides is 3. The molecule has 1 aliphatic heterocycles. The number of benzene rings is 2. The van der Waals surface area contributed by atoms with E-state index in [1.54, 1.807) is 0 Å². The second-order valence-corrected chi connectivity index (χ2v) is 6.49. The summed E-state index contributed by atoms with van der Waals surface area (Å²) < 4.78 is 38.6. The maximum absolute atomic E-state index is 12.9. The quantitative estimate of drug-likeness (QED) is 0.769. The molecule has 1 fully saturated rings. The van der Waals surface area contributed by atoms with Gasteiger partial charge in [0.25, 0.3) is 11.1 Å².